The molecule has 4 amide bonds. The van der Waals surface area contributed by atoms with Gasteiger partial charge in [-0.25, -0.2) is 14.8 Å². The summed E-state index contributed by atoms with van der Waals surface area (Å²) < 4.78 is 3.64. The molecule has 0 unspecified atom stereocenters. The van der Waals surface area contributed by atoms with Crippen LogP contribution in [0.3, 0.4) is 0 Å². The summed E-state index contributed by atoms with van der Waals surface area (Å²) in [6.07, 6.45) is 1.45. The quantitative estimate of drug-likeness (QED) is 0.0416. The Morgan fingerprint density at radius 3 is 1.23 bits per heavy atom. The van der Waals surface area contributed by atoms with Crippen LogP contribution in [-0.4, -0.2) is 166 Å². The van der Waals surface area contributed by atoms with Crippen LogP contribution in [0.1, 0.15) is 98.5 Å². The monoisotopic (exact) mass is 1190 g/mol. The number of benzene rings is 4. The van der Waals surface area contributed by atoms with Gasteiger partial charge in [0.2, 0.25) is 23.7 Å². The summed E-state index contributed by atoms with van der Waals surface area (Å²) in [6.45, 7) is 6.86. The molecule has 0 bridgehead atoms. The van der Waals surface area contributed by atoms with Crippen LogP contribution >= 0.6 is 0 Å². The van der Waals surface area contributed by atoms with Crippen LogP contribution in [-0.2, 0) is 9.59 Å². The smallest absolute Gasteiger partial charge is 0.315 e. The van der Waals surface area contributed by atoms with Crippen LogP contribution in [0, 0.1) is 11.8 Å². The molecular weight excluding hydrogens is 1120 g/mol. The van der Waals surface area contributed by atoms with Crippen LogP contribution in [0.4, 0.5) is 28.3 Å². The van der Waals surface area contributed by atoms with E-state index < -0.39 is 48.3 Å². The van der Waals surface area contributed by atoms with E-state index in [4.69, 9.17) is 29.9 Å². The highest BCUT2D eigenvalue weighted by Gasteiger charge is 2.45. The molecule has 88 heavy (non-hydrogen) atoms. The largest absolute Gasteiger partial charge is 0.390 e. The third-order valence-electron chi connectivity index (χ3n) is 18.2. The van der Waals surface area contributed by atoms with Crippen molar-refractivity contribution in [1.82, 2.24) is 60.3 Å². The zero-order valence-corrected chi connectivity index (χ0v) is 49.5. The first-order valence-corrected chi connectivity index (χ1v) is 30.9. The molecule has 4 aromatic heterocycles. The highest BCUT2D eigenvalue weighted by Crippen LogP contribution is 2.40. The van der Waals surface area contributed by atoms with Gasteiger partial charge in [0.15, 0.2) is 34.0 Å². The average Bonchev–Trinajstić information content (AvgIpc) is 2.13. The summed E-state index contributed by atoms with van der Waals surface area (Å²) in [5, 5.41) is 65.0. The van der Waals surface area contributed by atoms with Crippen LogP contribution in [0.15, 0.2) is 134 Å². The van der Waals surface area contributed by atoms with E-state index in [1.165, 1.54) is 0 Å². The van der Waals surface area contributed by atoms with E-state index in [-0.39, 0.29) is 54.9 Å². The van der Waals surface area contributed by atoms with Crippen LogP contribution in [0.2, 0.25) is 0 Å². The van der Waals surface area contributed by atoms with Crippen molar-refractivity contribution >= 4 is 63.7 Å². The summed E-state index contributed by atoms with van der Waals surface area (Å²) in [5.74, 6) is 0.736. The zero-order valence-electron chi connectivity index (χ0n) is 49.5. The highest BCUT2D eigenvalue weighted by atomic mass is 16.3. The molecule has 4 aromatic carbocycles. The Morgan fingerprint density at radius 2 is 0.875 bits per heavy atom. The third-order valence-corrected chi connectivity index (χ3v) is 18.2. The second-order valence-corrected chi connectivity index (χ2v) is 23.8. The Kier molecular flexibility index (Phi) is 18.1. The normalized spacial score (nSPS) is 23.5. The Morgan fingerprint density at radius 1 is 0.511 bits per heavy atom. The van der Waals surface area contributed by atoms with Gasteiger partial charge < -0.3 is 71.3 Å². The number of amides is 4. The maximum Gasteiger partial charge on any atom is 0.315 e. The van der Waals surface area contributed by atoms with Gasteiger partial charge in [0.1, 0.15) is 12.2 Å². The van der Waals surface area contributed by atoms with E-state index in [9.17, 15) is 34.8 Å². The van der Waals surface area contributed by atoms with Gasteiger partial charge in [-0.3, -0.25) is 9.59 Å². The lowest BCUT2D eigenvalue weighted by molar-refractivity contribution is -0.122. The van der Waals surface area contributed by atoms with Crippen molar-refractivity contribution in [3.05, 3.63) is 156 Å². The SMILES string of the molecule is CCC(=O)NC[C@H]1C[C@@H](n2cnc3c(NCC(c4ccccc4)c4ccccc4)nc(N4CC[C@@H](NC(=O)N[C@@H]5CCN(c6nc(NCC(c7ccccc7)c7ccccc7)c7ncn([C@@H]8C[C@H](CNC(=O)CC)[C@@H](O)[C@H]8O)c7n6)C5)C4)nc32)[C@H](O)[C@@H]1O. The molecule has 8 aromatic rings. The molecule has 4 fully saturated rings. The lowest BCUT2D eigenvalue weighted by Gasteiger charge is -2.23. The summed E-state index contributed by atoms with van der Waals surface area (Å²) in [4.78, 5) is 72.7. The van der Waals surface area contributed by atoms with Crippen molar-refractivity contribution in [3.8, 4) is 0 Å². The molecule has 2 aliphatic heterocycles. The minimum Gasteiger partial charge on any atom is -0.390 e. The minimum atomic E-state index is -1.14. The van der Waals surface area contributed by atoms with E-state index in [1.54, 1.807) is 26.5 Å². The van der Waals surface area contributed by atoms with Gasteiger partial charge in [0.25, 0.3) is 0 Å². The molecular formula is C65H78N16O7. The van der Waals surface area contributed by atoms with Crippen molar-refractivity contribution in [2.24, 2.45) is 11.8 Å². The van der Waals surface area contributed by atoms with Crippen molar-refractivity contribution in [3.63, 3.8) is 0 Å². The summed E-state index contributed by atoms with van der Waals surface area (Å²) in [6, 6.07) is 39.1. The molecule has 23 heteroatoms. The van der Waals surface area contributed by atoms with Gasteiger partial charge in [-0.2, -0.15) is 19.9 Å². The number of carbonyl (C=O) groups excluding carboxylic acids is 3. The van der Waals surface area contributed by atoms with Gasteiger partial charge in [0, 0.05) is 101 Å². The summed E-state index contributed by atoms with van der Waals surface area (Å²) >= 11 is 0. The van der Waals surface area contributed by atoms with E-state index >= 15 is 0 Å². The molecule has 0 radical (unpaired) electrons. The van der Waals surface area contributed by atoms with Crippen LogP contribution in [0.5, 0.6) is 0 Å². The fourth-order valence-electron chi connectivity index (χ4n) is 13.2. The maximum absolute atomic E-state index is 14.0. The average molecular weight is 1200 g/mol. The fourth-order valence-corrected chi connectivity index (χ4v) is 13.2. The number of fused-ring (bicyclic) bond motifs is 2. The van der Waals surface area contributed by atoms with Crippen molar-refractivity contribution in [2.45, 2.75) is 113 Å². The number of hydrogen-bond donors (Lipinski definition) is 10. The van der Waals surface area contributed by atoms with E-state index in [0.29, 0.717) is 124 Å². The lowest BCUT2D eigenvalue weighted by atomic mass is 9.91. The van der Waals surface area contributed by atoms with Gasteiger partial charge in [-0.05, 0) is 47.9 Å². The van der Waals surface area contributed by atoms with E-state index in [2.05, 4.69) is 80.4 Å². The van der Waals surface area contributed by atoms with Crippen LogP contribution < -0.4 is 41.7 Å². The Bertz CT molecular complexity index is 3360. The second-order valence-electron chi connectivity index (χ2n) is 23.8. The minimum absolute atomic E-state index is 0.0390. The van der Waals surface area contributed by atoms with Crippen molar-refractivity contribution in [1.29, 1.82) is 0 Å². The molecule has 6 heterocycles. The number of urea groups is 1. The standard InChI is InChI=1S/C65H78N16O7/c1-3-51(82)66-31-43-29-49(57(86)55(43)84)80-37-70-53-59(68-33-47(39-17-9-5-10-18-39)40-19-11-6-12-20-40)74-63(76-61(53)80)78-27-25-45(35-78)72-65(88)73-46-26-28-79(36-46)64-75-60(69-34-48(41-21-13-7-14-22-41)42-23-15-8-16-24-42)54-62(77-64)81(38-71-54)50-30-44(56(85)58(50)87)32-67-52(83)4-2/h5-24,37-38,43-50,55-58,84-87H,3-4,25-36H2,1-2H3,(H,66,82)(H,67,83)(H,68,74,76)(H,69,75,77)(H2,72,73,88)/t43-,44-,45-,46-,49-,50-,55-,56-,57+,58+/m1/s1. The maximum atomic E-state index is 14.0. The second kappa shape index (κ2) is 26.7. The molecule has 10 N–H and O–H groups in total. The van der Waals surface area contributed by atoms with Crippen molar-refractivity contribution in [2.75, 3.05) is 72.8 Å². The number of nitrogens with zero attached hydrogens (tertiary/aromatic N) is 10. The number of aliphatic hydroxyl groups is 4. The highest BCUT2D eigenvalue weighted by molar-refractivity contribution is 5.86. The molecule has 10 atom stereocenters. The van der Waals surface area contributed by atoms with Gasteiger partial charge in [-0.1, -0.05) is 135 Å². The number of hydrogen-bond acceptors (Lipinski definition) is 17. The molecule has 12 rings (SSSR count). The Labute approximate surface area is 510 Å². The number of aliphatic hydroxyl groups excluding tert-OH is 4. The first-order chi connectivity index (χ1) is 42.9. The predicted molar refractivity (Wildman–Crippen MR) is 335 cm³/mol. The predicted octanol–water partition coefficient (Wildman–Crippen LogP) is 5.23. The molecule has 460 valence electrons. The Balaban J connectivity index is 0.762. The van der Waals surface area contributed by atoms with Gasteiger partial charge in [0.05, 0.1) is 36.9 Å². The van der Waals surface area contributed by atoms with Gasteiger partial charge >= 0.3 is 6.03 Å². The molecule has 23 nitrogen and oxygen atoms in total. The van der Waals surface area contributed by atoms with Crippen LogP contribution in [0.25, 0.3) is 22.3 Å². The first kappa shape index (κ1) is 59.6. The number of imidazole rings is 2. The summed E-state index contributed by atoms with van der Waals surface area (Å²) in [5.41, 5.74) is 6.47. The lowest BCUT2D eigenvalue weighted by Crippen LogP contribution is -2.48. The summed E-state index contributed by atoms with van der Waals surface area (Å²) in [7, 11) is 0. The Hall–Kier alpha value is -8.77. The van der Waals surface area contributed by atoms with Crippen molar-refractivity contribution < 1.29 is 34.8 Å². The third kappa shape index (κ3) is 12.8. The number of aromatic nitrogens is 8. The number of anilines is 4. The molecule has 0 spiro atoms. The number of carbonyl (C=O) groups is 3. The molecule has 2 saturated heterocycles. The fraction of sp³-hybridized carbons (Fsp3) is 0.431. The van der Waals surface area contributed by atoms with E-state index in [0.717, 1.165) is 22.3 Å². The zero-order chi connectivity index (χ0) is 60.8. The molecule has 2 saturated carbocycles. The number of nitrogens with one attached hydrogen (secondary N) is 6. The molecule has 2 aliphatic carbocycles. The van der Waals surface area contributed by atoms with E-state index in [1.807, 2.05) is 91.7 Å². The number of rotatable bonds is 22. The van der Waals surface area contributed by atoms with Gasteiger partial charge in [-0.15, -0.1) is 0 Å². The topological polar surface area (TPSA) is 298 Å². The first-order valence-electron chi connectivity index (χ1n) is 30.9. The molecule has 4 aliphatic rings.